The van der Waals surface area contributed by atoms with Crippen LogP contribution in [0.4, 0.5) is 5.69 Å². The minimum atomic E-state index is -1.12. The Labute approximate surface area is 252 Å². The second kappa shape index (κ2) is 16.6. The topological polar surface area (TPSA) is 75.7 Å². The second-order valence-electron chi connectivity index (χ2n) is 9.90. The van der Waals surface area contributed by atoms with Gasteiger partial charge in [0.2, 0.25) is 0 Å². The summed E-state index contributed by atoms with van der Waals surface area (Å²) >= 11 is -1.12. The first kappa shape index (κ1) is 31.2. The van der Waals surface area contributed by atoms with E-state index in [1.807, 2.05) is 55.5 Å². The van der Waals surface area contributed by atoms with Gasteiger partial charge in [0.1, 0.15) is 23.9 Å². The predicted octanol–water partition coefficient (Wildman–Crippen LogP) is 7.69. The van der Waals surface area contributed by atoms with E-state index in [0.29, 0.717) is 25.5 Å². The molecule has 0 aliphatic heterocycles. The van der Waals surface area contributed by atoms with E-state index in [1.165, 1.54) is 0 Å². The molecule has 0 radical (unpaired) electrons. The molecule has 4 rings (SSSR count). The quantitative estimate of drug-likeness (QED) is 0.107. The Morgan fingerprint density at radius 3 is 2.45 bits per heavy atom. The smallest absolute Gasteiger partial charge is 0.153 e. The molecule has 42 heavy (non-hydrogen) atoms. The molecule has 0 spiro atoms. The van der Waals surface area contributed by atoms with Gasteiger partial charge in [0.25, 0.3) is 0 Å². The number of unbranched alkanes of at least 4 members (excludes halogenated alkanes) is 1. The van der Waals surface area contributed by atoms with Crippen LogP contribution in [0.15, 0.2) is 96.2 Å². The van der Waals surface area contributed by atoms with E-state index in [4.69, 9.17) is 14.2 Å². The Hall–Kier alpha value is -3.78. The fourth-order valence-corrected chi connectivity index (χ4v) is 5.51. The number of benzene rings is 3. The molecule has 6 nitrogen and oxygen atoms in total. The number of aryl methyl sites for hydroxylation is 1. The molecule has 7 heteroatoms. The average molecular weight is 585 g/mol. The molecule has 3 aromatic carbocycles. The van der Waals surface area contributed by atoms with Gasteiger partial charge < -0.3 is 24.1 Å². The Morgan fingerprint density at radius 2 is 1.71 bits per heavy atom. The van der Waals surface area contributed by atoms with E-state index < -0.39 is 11.2 Å². The zero-order chi connectivity index (χ0) is 29.6. The first-order chi connectivity index (χ1) is 20.6. The number of anilines is 1. The number of aromatic nitrogens is 1. The third kappa shape index (κ3) is 9.38. The molecular weight excluding hydrogens is 544 g/mol. The lowest BCUT2D eigenvalue weighted by Crippen LogP contribution is -2.07. The molecule has 0 aliphatic rings. The third-order valence-electron chi connectivity index (χ3n) is 6.83. The van der Waals surface area contributed by atoms with Gasteiger partial charge in [-0.05, 0) is 95.8 Å². The Kier molecular flexibility index (Phi) is 12.3. The van der Waals surface area contributed by atoms with Crippen LogP contribution in [0.5, 0.6) is 11.5 Å². The van der Waals surface area contributed by atoms with Crippen molar-refractivity contribution < 1.29 is 18.8 Å². The lowest BCUT2D eigenvalue weighted by atomic mass is 10.0. The van der Waals surface area contributed by atoms with E-state index in [-0.39, 0.29) is 0 Å². The van der Waals surface area contributed by atoms with Crippen LogP contribution in [-0.4, -0.2) is 43.0 Å². The van der Waals surface area contributed by atoms with Crippen molar-refractivity contribution in [1.29, 1.82) is 0 Å². The number of nitrogens with zero attached hydrogens (tertiary/aromatic N) is 1. The molecular formula is C35H40N2O4S. The van der Waals surface area contributed by atoms with E-state index in [9.17, 15) is 4.55 Å². The summed E-state index contributed by atoms with van der Waals surface area (Å²) in [5.74, 6) is 2.11. The van der Waals surface area contributed by atoms with Crippen molar-refractivity contribution in [3.8, 4) is 22.6 Å². The van der Waals surface area contributed by atoms with Crippen molar-refractivity contribution in [3.05, 3.63) is 108 Å². The number of ether oxygens (including phenoxy) is 3. The number of rotatable bonds is 16. The minimum absolute atomic E-state index is 0.461. The normalized spacial score (nSPS) is 11.9. The SMILES string of the molecule is CCCCOCCOc1ccc(-c2ccc(OC)c(/C=C/CNc3ccc([S+]([O-])Cc4cnccc4C)cc3)c2)cc1. The molecule has 1 N–H and O–H groups in total. The van der Waals surface area contributed by atoms with Crippen molar-refractivity contribution in [3.63, 3.8) is 0 Å². The van der Waals surface area contributed by atoms with Crippen LogP contribution < -0.4 is 14.8 Å². The van der Waals surface area contributed by atoms with Crippen LogP contribution >= 0.6 is 0 Å². The monoisotopic (exact) mass is 584 g/mol. The highest BCUT2D eigenvalue weighted by molar-refractivity contribution is 7.90. The second-order valence-corrected chi connectivity index (χ2v) is 11.3. The Bertz CT molecular complexity index is 1410. The average Bonchev–Trinajstić information content (AvgIpc) is 3.02. The van der Waals surface area contributed by atoms with Crippen molar-refractivity contribution in [2.24, 2.45) is 0 Å². The Balaban J connectivity index is 1.30. The molecule has 1 atom stereocenters. The van der Waals surface area contributed by atoms with Crippen LogP contribution in [-0.2, 0) is 21.7 Å². The van der Waals surface area contributed by atoms with Gasteiger partial charge in [-0.1, -0.05) is 43.7 Å². The molecule has 0 aliphatic carbocycles. The summed E-state index contributed by atoms with van der Waals surface area (Å²) < 4.78 is 29.8. The highest BCUT2D eigenvalue weighted by Crippen LogP contribution is 2.29. The predicted molar refractivity (Wildman–Crippen MR) is 173 cm³/mol. The van der Waals surface area contributed by atoms with E-state index in [1.54, 1.807) is 19.5 Å². The fourth-order valence-electron chi connectivity index (χ4n) is 4.31. The zero-order valence-electron chi connectivity index (χ0n) is 24.7. The standard InChI is InChI=1S/C35H40N2O4S/c1-4-5-21-40-22-23-41-33-13-8-28(9-14-33)29-10-17-35(39-3)30(24-29)7-6-19-37-32-11-15-34(16-12-32)42(38)26-31-25-36-20-18-27(31)2/h6-18,20,24-25,37H,4-5,19,21-23,26H2,1-3H3/b7-6+. The molecule has 0 amide bonds. The van der Waals surface area contributed by atoms with Gasteiger partial charge >= 0.3 is 0 Å². The van der Waals surface area contributed by atoms with Crippen LogP contribution in [0.3, 0.4) is 0 Å². The number of hydrogen-bond acceptors (Lipinski definition) is 6. The van der Waals surface area contributed by atoms with Gasteiger partial charge in [-0.2, -0.15) is 0 Å². The van der Waals surface area contributed by atoms with Crippen LogP contribution in [0.25, 0.3) is 17.2 Å². The lowest BCUT2D eigenvalue weighted by Gasteiger charge is -2.12. The van der Waals surface area contributed by atoms with Crippen molar-refractivity contribution in [1.82, 2.24) is 4.98 Å². The Morgan fingerprint density at radius 1 is 0.929 bits per heavy atom. The summed E-state index contributed by atoms with van der Waals surface area (Å²) in [5.41, 5.74) is 6.28. The van der Waals surface area contributed by atoms with Gasteiger partial charge in [0, 0.05) is 42.4 Å². The molecule has 220 valence electrons. The maximum atomic E-state index is 12.8. The maximum absolute atomic E-state index is 12.8. The highest BCUT2D eigenvalue weighted by Gasteiger charge is 2.13. The first-order valence-corrected chi connectivity index (χ1v) is 15.7. The molecule has 0 fully saturated rings. The third-order valence-corrected chi connectivity index (χ3v) is 8.20. The molecule has 1 unspecified atom stereocenters. The van der Waals surface area contributed by atoms with Crippen LogP contribution in [0, 0.1) is 6.92 Å². The highest BCUT2D eigenvalue weighted by atomic mass is 32.2. The summed E-state index contributed by atoms with van der Waals surface area (Å²) in [6, 6.07) is 24.0. The summed E-state index contributed by atoms with van der Waals surface area (Å²) in [4.78, 5) is 4.96. The fraction of sp³-hybridized carbons (Fsp3) is 0.286. The first-order valence-electron chi connectivity index (χ1n) is 14.3. The van der Waals surface area contributed by atoms with Gasteiger partial charge in [-0.3, -0.25) is 4.98 Å². The van der Waals surface area contributed by atoms with Crippen molar-refractivity contribution >= 4 is 22.9 Å². The molecule has 0 saturated heterocycles. The number of hydrogen-bond donors (Lipinski definition) is 1. The molecule has 1 aromatic heterocycles. The van der Waals surface area contributed by atoms with Crippen molar-refractivity contribution in [2.75, 3.05) is 38.8 Å². The van der Waals surface area contributed by atoms with E-state index >= 15 is 0 Å². The summed E-state index contributed by atoms with van der Waals surface area (Å²) in [6.07, 6.45) is 9.89. The maximum Gasteiger partial charge on any atom is 0.153 e. The molecule has 0 bridgehead atoms. The van der Waals surface area contributed by atoms with Gasteiger partial charge in [0.15, 0.2) is 4.90 Å². The van der Waals surface area contributed by atoms with Crippen molar-refractivity contribution in [2.45, 2.75) is 37.3 Å². The largest absolute Gasteiger partial charge is 0.611 e. The number of pyridine rings is 1. The van der Waals surface area contributed by atoms with Gasteiger partial charge in [0.05, 0.1) is 13.7 Å². The number of methoxy groups -OCH3 is 1. The van der Waals surface area contributed by atoms with Crippen LogP contribution in [0.1, 0.15) is 36.5 Å². The molecule has 1 heterocycles. The van der Waals surface area contributed by atoms with E-state index in [0.717, 1.165) is 69.3 Å². The summed E-state index contributed by atoms with van der Waals surface area (Å²) in [5, 5.41) is 3.40. The molecule has 4 aromatic rings. The van der Waals surface area contributed by atoms with Crippen LogP contribution in [0.2, 0.25) is 0 Å². The van der Waals surface area contributed by atoms with Gasteiger partial charge in [-0.25, -0.2) is 0 Å². The minimum Gasteiger partial charge on any atom is -0.611 e. The van der Waals surface area contributed by atoms with Gasteiger partial charge in [-0.15, -0.1) is 0 Å². The molecule has 0 saturated carbocycles. The lowest BCUT2D eigenvalue weighted by molar-refractivity contribution is 0.0981. The number of nitrogens with one attached hydrogen (secondary N) is 1. The summed E-state index contributed by atoms with van der Waals surface area (Å²) in [6.45, 7) is 6.74. The van der Waals surface area contributed by atoms with E-state index in [2.05, 4.69) is 53.6 Å². The summed E-state index contributed by atoms with van der Waals surface area (Å²) in [7, 11) is 1.68. The zero-order valence-corrected chi connectivity index (χ0v) is 25.5.